The van der Waals surface area contributed by atoms with Gasteiger partial charge in [0.25, 0.3) is 5.91 Å². The highest BCUT2D eigenvalue weighted by Crippen LogP contribution is 2.23. The maximum absolute atomic E-state index is 12.7. The Morgan fingerprint density at radius 3 is 2.85 bits per heavy atom. The quantitative estimate of drug-likeness (QED) is 0.789. The molecule has 1 amide bonds. The lowest BCUT2D eigenvalue weighted by molar-refractivity contribution is -0.122. The number of carbonyl (C=O) groups excluding carboxylic acids is 1. The Bertz CT molecular complexity index is 984. The number of amides is 1. The lowest BCUT2D eigenvalue weighted by Gasteiger charge is -2.17. The summed E-state index contributed by atoms with van der Waals surface area (Å²) in [6.45, 7) is 2.76. The third-order valence-corrected chi connectivity index (χ3v) is 4.84. The molecular weight excluding hydrogens is 326 g/mol. The predicted octanol–water partition coefficient (Wildman–Crippen LogP) is 2.20. The molecule has 4 rings (SSSR count). The van der Waals surface area contributed by atoms with E-state index in [2.05, 4.69) is 51.6 Å². The molecule has 2 heterocycles. The summed E-state index contributed by atoms with van der Waals surface area (Å²) in [4.78, 5) is 17.1. The van der Waals surface area contributed by atoms with Gasteiger partial charge in [-0.25, -0.2) is 0 Å². The van der Waals surface area contributed by atoms with Gasteiger partial charge in [-0.05, 0) is 37.5 Å². The van der Waals surface area contributed by atoms with Crippen molar-refractivity contribution < 1.29 is 4.79 Å². The number of hydrogen-bond acceptors (Lipinski definition) is 3. The van der Waals surface area contributed by atoms with Crippen LogP contribution in [0.15, 0.2) is 53.7 Å². The van der Waals surface area contributed by atoms with Gasteiger partial charge in [0.2, 0.25) is 0 Å². The maximum atomic E-state index is 12.7. The predicted molar refractivity (Wildman–Crippen MR) is 97.2 cm³/mol. The van der Waals surface area contributed by atoms with Gasteiger partial charge in [0.1, 0.15) is 5.49 Å². The molecule has 0 saturated heterocycles. The van der Waals surface area contributed by atoms with Gasteiger partial charge in [0, 0.05) is 25.1 Å². The van der Waals surface area contributed by atoms with Crippen LogP contribution in [0.2, 0.25) is 0 Å². The average molecular weight is 347 g/mol. The molecule has 0 radical (unpaired) electrons. The second-order valence-electron chi connectivity index (χ2n) is 6.78. The van der Waals surface area contributed by atoms with Gasteiger partial charge in [-0.1, -0.05) is 35.9 Å². The van der Waals surface area contributed by atoms with E-state index in [1.807, 2.05) is 29.0 Å². The molecule has 0 aliphatic heterocycles. The van der Waals surface area contributed by atoms with Crippen LogP contribution in [-0.2, 0) is 24.2 Å². The summed E-state index contributed by atoms with van der Waals surface area (Å²) in [5.41, 5.74) is 4.97. The van der Waals surface area contributed by atoms with Crippen LogP contribution in [0.4, 0.5) is 0 Å². The van der Waals surface area contributed by atoms with Crippen LogP contribution in [0, 0.1) is 12.8 Å². The zero-order valence-corrected chi connectivity index (χ0v) is 14.7. The minimum Gasteiger partial charge on any atom is -0.328 e. The number of hydrogen-bond donors (Lipinski definition) is 1. The number of pyridine rings is 1. The SMILES string of the molecule is Cc1ccc(Cn2ccccc2=NC(=O)C2CCc3n[nH]nc3C2)cc1. The molecule has 1 aliphatic rings. The summed E-state index contributed by atoms with van der Waals surface area (Å²) in [6.07, 6.45) is 4.12. The van der Waals surface area contributed by atoms with E-state index in [0.717, 1.165) is 24.2 Å². The molecule has 1 aliphatic carbocycles. The Morgan fingerprint density at radius 2 is 2.00 bits per heavy atom. The van der Waals surface area contributed by atoms with Crippen molar-refractivity contribution in [3.05, 3.63) is 76.7 Å². The summed E-state index contributed by atoms with van der Waals surface area (Å²) in [6, 6.07) is 14.2. The number of nitrogens with one attached hydrogen (secondary N) is 1. The Balaban J connectivity index is 1.57. The van der Waals surface area contributed by atoms with Gasteiger partial charge in [-0.15, -0.1) is 0 Å². The van der Waals surface area contributed by atoms with Crippen molar-refractivity contribution in [2.24, 2.45) is 10.9 Å². The van der Waals surface area contributed by atoms with E-state index in [0.29, 0.717) is 18.5 Å². The first-order valence-electron chi connectivity index (χ1n) is 8.87. The smallest absolute Gasteiger partial charge is 0.251 e. The van der Waals surface area contributed by atoms with Crippen LogP contribution in [0.1, 0.15) is 28.9 Å². The van der Waals surface area contributed by atoms with E-state index < -0.39 is 0 Å². The molecule has 0 fully saturated rings. The molecule has 0 bridgehead atoms. The Morgan fingerprint density at radius 1 is 1.19 bits per heavy atom. The molecule has 0 saturated carbocycles. The third-order valence-electron chi connectivity index (χ3n) is 4.84. The maximum Gasteiger partial charge on any atom is 0.251 e. The van der Waals surface area contributed by atoms with E-state index in [4.69, 9.17) is 0 Å². The number of benzene rings is 1. The van der Waals surface area contributed by atoms with Crippen molar-refractivity contribution in [2.45, 2.75) is 32.7 Å². The standard InChI is InChI=1S/C20H21N5O/c1-14-5-7-15(8-6-14)13-25-11-3-2-4-19(25)21-20(26)16-9-10-17-18(12-16)23-24-22-17/h2-8,11,16H,9-10,12-13H2,1H3,(H,22,23,24). The Labute approximate surface area is 151 Å². The van der Waals surface area contributed by atoms with Crippen LogP contribution >= 0.6 is 0 Å². The average Bonchev–Trinajstić information content (AvgIpc) is 3.13. The molecule has 0 spiro atoms. The van der Waals surface area contributed by atoms with Crippen LogP contribution in [0.3, 0.4) is 0 Å². The fraction of sp³-hybridized carbons (Fsp3) is 0.300. The number of H-pyrrole nitrogens is 1. The molecule has 26 heavy (non-hydrogen) atoms. The minimum atomic E-state index is -0.124. The van der Waals surface area contributed by atoms with Crippen LogP contribution in [0.25, 0.3) is 0 Å². The molecule has 1 atom stereocenters. The second kappa shape index (κ2) is 7.07. The molecule has 1 aromatic carbocycles. The highest BCUT2D eigenvalue weighted by molar-refractivity contribution is 5.80. The summed E-state index contributed by atoms with van der Waals surface area (Å²) < 4.78 is 2.01. The molecular formula is C20H21N5O. The lowest BCUT2D eigenvalue weighted by Crippen LogP contribution is -2.27. The lowest BCUT2D eigenvalue weighted by atomic mass is 9.89. The van der Waals surface area contributed by atoms with Gasteiger partial charge >= 0.3 is 0 Å². The van der Waals surface area contributed by atoms with Gasteiger partial charge in [-0.3, -0.25) is 4.79 Å². The first kappa shape index (κ1) is 16.4. The zero-order valence-electron chi connectivity index (χ0n) is 14.7. The molecule has 132 valence electrons. The van der Waals surface area contributed by atoms with Crippen molar-refractivity contribution >= 4 is 5.91 Å². The number of aryl methyl sites for hydroxylation is 2. The van der Waals surface area contributed by atoms with Crippen molar-refractivity contribution in [3.8, 4) is 0 Å². The first-order chi connectivity index (χ1) is 12.7. The van der Waals surface area contributed by atoms with E-state index in [-0.39, 0.29) is 11.8 Å². The van der Waals surface area contributed by atoms with Crippen molar-refractivity contribution in [3.63, 3.8) is 0 Å². The second-order valence-corrected chi connectivity index (χ2v) is 6.78. The summed E-state index contributed by atoms with van der Waals surface area (Å²) >= 11 is 0. The summed E-state index contributed by atoms with van der Waals surface area (Å²) in [5, 5.41) is 10.9. The van der Waals surface area contributed by atoms with E-state index in [9.17, 15) is 4.79 Å². The van der Waals surface area contributed by atoms with Crippen molar-refractivity contribution in [1.29, 1.82) is 0 Å². The molecule has 6 nitrogen and oxygen atoms in total. The number of rotatable bonds is 3. The number of carbonyl (C=O) groups is 1. The molecule has 3 aromatic rings. The van der Waals surface area contributed by atoms with Crippen LogP contribution in [-0.4, -0.2) is 25.9 Å². The number of fused-ring (bicyclic) bond motifs is 1. The topological polar surface area (TPSA) is 75.9 Å². The number of aromatic nitrogens is 4. The highest BCUT2D eigenvalue weighted by Gasteiger charge is 2.26. The normalized spacial score (nSPS) is 17.1. The van der Waals surface area contributed by atoms with Crippen LogP contribution < -0.4 is 5.49 Å². The van der Waals surface area contributed by atoms with Gasteiger partial charge in [0.05, 0.1) is 11.4 Å². The molecule has 6 heteroatoms. The molecule has 1 N–H and O–H groups in total. The van der Waals surface area contributed by atoms with Gasteiger partial charge < -0.3 is 4.57 Å². The summed E-state index contributed by atoms with van der Waals surface area (Å²) in [5.74, 6) is -0.205. The minimum absolute atomic E-state index is 0.0810. The Hall–Kier alpha value is -3.02. The fourth-order valence-electron chi connectivity index (χ4n) is 3.29. The van der Waals surface area contributed by atoms with Crippen molar-refractivity contribution in [2.75, 3.05) is 0 Å². The van der Waals surface area contributed by atoms with Crippen molar-refractivity contribution in [1.82, 2.24) is 20.0 Å². The third kappa shape index (κ3) is 3.49. The Kier molecular flexibility index (Phi) is 4.48. The number of nitrogens with zero attached hydrogens (tertiary/aromatic N) is 4. The van der Waals surface area contributed by atoms with Gasteiger partial charge in [0.15, 0.2) is 0 Å². The fourth-order valence-corrected chi connectivity index (χ4v) is 3.29. The van der Waals surface area contributed by atoms with E-state index in [1.54, 1.807) is 0 Å². The zero-order chi connectivity index (χ0) is 17.9. The number of aromatic amines is 1. The van der Waals surface area contributed by atoms with Crippen LogP contribution in [0.5, 0.6) is 0 Å². The monoisotopic (exact) mass is 347 g/mol. The highest BCUT2D eigenvalue weighted by atomic mass is 16.1. The van der Waals surface area contributed by atoms with E-state index >= 15 is 0 Å². The van der Waals surface area contributed by atoms with E-state index in [1.165, 1.54) is 11.1 Å². The largest absolute Gasteiger partial charge is 0.328 e. The van der Waals surface area contributed by atoms with Gasteiger partial charge in [-0.2, -0.15) is 20.4 Å². The summed E-state index contributed by atoms with van der Waals surface area (Å²) in [7, 11) is 0. The molecule has 1 unspecified atom stereocenters. The molecule has 2 aromatic heterocycles. The first-order valence-corrected chi connectivity index (χ1v) is 8.87.